The van der Waals surface area contributed by atoms with Crippen LogP contribution in [-0.2, 0) is 4.79 Å². The summed E-state index contributed by atoms with van der Waals surface area (Å²) in [5.74, 6) is 0.228. The third kappa shape index (κ3) is 1.46. The van der Waals surface area contributed by atoms with Crippen LogP contribution in [0.4, 0.5) is 5.13 Å². The van der Waals surface area contributed by atoms with Gasteiger partial charge in [-0.3, -0.25) is 9.69 Å². The number of anilines is 1. The lowest BCUT2D eigenvalue weighted by Crippen LogP contribution is -2.58. The van der Waals surface area contributed by atoms with Crippen molar-refractivity contribution in [2.75, 3.05) is 18.0 Å². The first kappa shape index (κ1) is 10.2. The van der Waals surface area contributed by atoms with Crippen molar-refractivity contribution < 1.29 is 4.79 Å². The molecule has 0 saturated carbocycles. The summed E-state index contributed by atoms with van der Waals surface area (Å²) in [7, 11) is 0. The number of nitrogens with zero attached hydrogens (tertiary/aromatic N) is 2. The average molecular weight is 237 g/mol. The fraction of sp³-hybridized carbons (Fsp3) is 0.636. The molecule has 2 saturated heterocycles. The van der Waals surface area contributed by atoms with Gasteiger partial charge in [-0.05, 0) is 32.2 Å². The maximum absolute atomic E-state index is 12.5. The Bertz CT molecular complexity index is 384. The number of carbonyl (C=O) groups is 1. The quantitative estimate of drug-likeness (QED) is 0.803. The van der Waals surface area contributed by atoms with Gasteiger partial charge >= 0.3 is 0 Å². The summed E-state index contributed by atoms with van der Waals surface area (Å²) in [6.07, 6.45) is 5.90. The molecule has 0 bridgehead atoms. The second-order valence-electron chi connectivity index (χ2n) is 4.49. The molecule has 3 rings (SSSR count). The average Bonchev–Trinajstić information content (AvgIpc) is 2.94. The standard InChI is InChI=1S/C11H15N3OS/c15-9-11(3-1-5-13-11)4-2-7-14(9)10-12-6-8-16-10/h6,8,13H,1-5,7H2. The van der Waals surface area contributed by atoms with E-state index in [4.69, 9.17) is 0 Å². The van der Waals surface area contributed by atoms with Gasteiger partial charge < -0.3 is 5.32 Å². The molecule has 1 aromatic heterocycles. The molecule has 16 heavy (non-hydrogen) atoms. The van der Waals surface area contributed by atoms with Crippen molar-refractivity contribution in [2.24, 2.45) is 0 Å². The predicted molar refractivity (Wildman–Crippen MR) is 63.7 cm³/mol. The molecule has 0 aliphatic carbocycles. The molecule has 0 aromatic carbocycles. The number of hydrogen-bond donors (Lipinski definition) is 1. The zero-order valence-corrected chi connectivity index (χ0v) is 9.92. The molecular formula is C11H15N3OS. The minimum atomic E-state index is -0.274. The molecule has 4 nitrogen and oxygen atoms in total. The number of amides is 1. The largest absolute Gasteiger partial charge is 0.303 e. The summed E-state index contributed by atoms with van der Waals surface area (Å²) >= 11 is 1.54. The van der Waals surface area contributed by atoms with E-state index in [0.717, 1.165) is 43.9 Å². The molecule has 0 radical (unpaired) electrons. The van der Waals surface area contributed by atoms with Crippen LogP contribution in [0.5, 0.6) is 0 Å². The minimum absolute atomic E-state index is 0.228. The molecule has 1 N–H and O–H groups in total. The molecule has 2 aliphatic heterocycles. The summed E-state index contributed by atoms with van der Waals surface area (Å²) in [4.78, 5) is 18.6. The lowest BCUT2D eigenvalue weighted by molar-refractivity contribution is -0.126. The van der Waals surface area contributed by atoms with E-state index in [1.165, 1.54) is 0 Å². The van der Waals surface area contributed by atoms with Crippen molar-refractivity contribution in [2.45, 2.75) is 31.2 Å². The van der Waals surface area contributed by atoms with Crippen molar-refractivity contribution in [3.63, 3.8) is 0 Å². The van der Waals surface area contributed by atoms with E-state index in [9.17, 15) is 4.79 Å². The lowest BCUT2D eigenvalue weighted by Gasteiger charge is -2.38. The summed E-state index contributed by atoms with van der Waals surface area (Å²) < 4.78 is 0. The first-order valence-electron chi connectivity index (χ1n) is 5.78. The fourth-order valence-corrected chi connectivity index (χ4v) is 3.41. The number of hydrogen-bond acceptors (Lipinski definition) is 4. The van der Waals surface area contributed by atoms with Gasteiger partial charge in [0.25, 0.3) is 0 Å². The van der Waals surface area contributed by atoms with E-state index in [-0.39, 0.29) is 11.4 Å². The highest BCUT2D eigenvalue weighted by molar-refractivity contribution is 7.13. The molecule has 1 atom stereocenters. The second kappa shape index (κ2) is 3.82. The Kier molecular flexibility index (Phi) is 2.44. The molecule has 2 aliphatic rings. The van der Waals surface area contributed by atoms with Crippen molar-refractivity contribution in [3.05, 3.63) is 11.6 Å². The fourth-order valence-electron chi connectivity index (χ4n) is 2.74. The molecule has 5 heteroatoms. The highest BCUT2D eigenvalue weighted by atomic mass is 32.1. The number of piperidine rings is 1. The molecular weight excluding hydrogens is 222 g/mol. The topological polar surface area (TPSA) is 45.2 Å². The molecule has 86 valence electrons. The monoisotopic (exact) mass is 237 g/mol. The van der Waals surface area contributed by atoms with Crippen LogP contribution in [0.15, 0.2) is 11.6 Å². The van der Waals surface area contributed by atoms with Gasteiger partial charge in [-0.15, -0.1) is 11.3 Å². The second-order valence-corrected chi connectivity index (χ2v) is 5.36. The molecule has 1 spiro atoms. The van der Waals surface area contributed by atoms with E-state index in [1.807, 2.05) is 10.3 Å². The van der Waals surface area contributed by atoms with Gasteiger partial charge in [-0.2, -0.15) is 0 Å². The molecule has 2 fully saturated rings. The van der Waals surface area contributed by atoms with Gasteiger partial charge in [-0.1, -0.05) is 0 Å². The Hall–Kier alpha value is -0.940. The van der Waals surface area contributed by atoms with Crippen LogP contribution in [0.1, 0.15) is 25.7 Å². The van der Waals surface area contributed by atoms with Crippen LogP contribution in [-0.4, -0.2) is 29.5 Å². The van der Waals surface area contributed by atoms with E-state index in [2.05, 4.69) is 10.3 Å². The van der Waals surface area contributed by atoms with Gasteiger partial charge in [0.1, 0.15) is 0 Å². The Morgan fingerprint density at radius 2 is 2.31 bits per heavy atom. The van der Waals surface area contributed by atoms with Crippen molar-refractivity contribution in [1.29, 1.82) is 0 Å². The summed E-state index contributed by atoms with van der Waals surface area (Å²) in [5, 5.41) is 6.17. The SMILES string of the molecule is O=C1N(c2nccs2)CCCC12CCCN2. The Morgan fingerprint density at radius 1 is 1.44 bits per heavy atom. The van der Waals surface area contributed by atoms with E-state index in [1.54, 1.807) is 17.5 Å². The van der Waals surface area contributed by atoms with Crippen LogP contribution >= 0.6 is 11.3 Å². The van der Waals surface area contributed by atoms with Crippen molar-refractivity contribution in [1.82, 2.24) is 10.3 Å². The summed E-state index contributed by atoms with van der Waals surface area (Å²) in [6, 6.07) is 0. The first-order chi connectivity index (χ1) is 7.82. The van der Waals surface area contributed by atoms with Crippen LogP contribution < -0.4 is 10.2 Å². The summed E-state index contributed by atoms with van der Waals surface area (Å²) in [6.45, 7) is 1.78. The van der Waals surface area contributed by atoms with Crippen LogP contribution in [0, 0.1) is 0 Å². The van der Waals surface area contributed by atoms with E-state index < -0.39 is 0 Å². The van der Waals surface area contributed by atoms with Crippen molar-refractivity contribution >= 4 is 22.4 Å². The highest BCUT2D eigenvalue weighted by Crippen LogP contribution is 2.33. The van der Waals surface area contributed by atoms with Gasteiger partial charge in [-0.25, -0.2) is 4.98 Å². The highest BCUT2D eigenvalue weighted by Gasteiger charge is 2.46. The maximum Gasteiger partial charge on any atom is 0.249 e. The van der Waals surface area contributed by atoms with E-state index in [0.29, 0.717) is 0 Å². The number of rotatable bonds is 1. The third-order valence-corrected chi connectivity index (χ3v) is 4.33. The van der Waals surface area contributed by atoms with Crippen LogP contribution in [0.2, 0.25) is 0 Å². The Morgan fingerprint density at radius 3 is 3.00 bits per heavy atom. The van der Waals surface area contributed by atoms with Gasteiger partial charge in [0.15, 0.2) is 5.13 Å². The third-order valence-electron chi connectivity index (χ3n) is 3.53. The van der Waals surface area contributed by atoms with Crippen molar-refractivity contribution in [3.8, 4) is 0 Å². The molecule has 1 unspecified atom stereocenters. The lowest BCUT2D eigenvalue weighted by atomic mass is 9.87. The molecule has 3 heterocycles. The zero-order chi connectivity index (χ0) is 11.0. The Balaban J connectivity index is 1.89. The van der Waals surface area contributed by atoms with E-state index >= 15 is 0 Å². The van der Waals surface area contributed by atoms with Gasteiger partial charge in [0.05, 0.1) is 5.54 Å². The normalized spacial score (nSPS) is 30.2. The smallest absolute Gasteiger partial charge is 0.249 e. The maximum atomic E-state index is 12.5. The number of nitrogens with one attached hydrogen (secondary N) is 1. The van der Waals surface area contributed by atoms with Crippen LogP contribution in [0.3, 0.4) is 0 Å². The predicted octanol–water partition coefficient (Wildman–Crippen LogP) is 1.39. The minimum Gasteiger partial charge on any atom is -0.303 e. The van der Waals surface area contributed by atoms with Crippen LogP contribution in [0.25, 0.3) is 0 Å². The summed E-state index contributed by atoms with van der Waals surface area (Å²) in [5.41, 5.74) is -0.274. The first-order valence-corrected chi connectivity index (χ1v) is 6.66. The molecule has 1 amide bonds. The number of aromatic nitrogens is 1. The van der Waals surface area contributed by atoms with Gasteiger partial charge in [0.2, 0.25) is 5.91 Å². The number of thiazole rings is 1. The Labute approximate surface area is 98.7 Å². The molecule has 1 aromatic rings. The number of carbonyl (C=O) groups excluding carboxylic acids is 1. The zero-order valence-electron chi connectivity index (χ0n) is 9.11. The van der Waals surface area contributed by atoms with Gasteiger partial charge in [0, 0.05) is 18.1 Å².